The van der Waals surface area contributed by atoms with Crippen LogP contribution in [-0.2, 0) is 28.6 Å². The zero-order chi connectivity index (χ0) is 37.5. The summed E-state index contributed by atoms with van der Waals surface area (Å²) < 4.78 is 16.6. The summed E-state index contributed by atoms with van der Waals surface area (Å²) in [5.74, 6) is -0.0280. The first-order valence-corrected chi connectivity index (χ1v) is 22.4. The van der Waals surface area contributed by atoms with Gasteiger partial charge in [-0.2, -0.15) is 0 Å². The highest BCUT2D eigenvalue weighted by Crippen LogP contribution is 2.16. The topological polar surface area (TPSA) is 78.9 Å². The highest BCUT2D eigenvalue weighted by atomic mass is 16.6. The molecule has 0 aliphatic rings. The minimum absolute atomic E-state index is 0.0642. The van der Waals surface area contributed by atoms with E-state index in [0.29, 0.717) is 19.3 Å². The zero-order valence-electron chi connectivity index (χ0n) is 34.6. The molecular formula is C45H86O6. The van der Waals surface area contributed by atoms with Gasteiger partial charge in [-0.05, 0) is 25.2 Å². The molecule has 0 aromatic heterocycles. The van der Waals surface area contributed by atoms with Crippen LogP contribution in [0.15, 0.2) is 0 Å². The number of carbonyl (C=O) groups is 3. The smallest absolute Gasteiger partial charge is 0.306 e. The van der Waals surface area contributed by atoms with E-state index in [9.17, 15) is 14.4 Å². The van der Waals surface area contributed by atoms with Gasteiger partial charge in [0.1, 0.15) is 13.2 Å². The van der Waals surface area contributed by atoms with Crippen LogP contribution in [0.2, 0.25) is 0 Å². The van der Waals surface area contributed by atoms with Crippen molar-refractivity contribution in [2.24, 2.45) is 5.92 Å². The van der Waals surface area contributed by atoms with Crippen molar-refractivity contribution >= 4 is 17.9 Å². The van der Waals surface area contributed by atoms with Gasteiger partial charge in [0.05, 0.1) is 0 Å². The molecule has 0 saturated heterocycles. The van der Waals surface area contributed by atoms with Gasteiger partial charge in [-0.1, -0.05) is 207 Å². The van der Waals surface area contributed by atoms with Crippen molar-refractivity contribution in [3.05, 3.63) is 0 Å². The van der Waals surface area contributed by atoms with Crippen LogP contribution in [0.25, 0.3) is 0 Å². The second-order valence-electron chi connectivity index (χ2n) is 15.8. The Morgan fingerprint density at radius 2 is 0.647 bits per heavy atom. The van der Waals surface area contributed by atoms with Gasteiger partial charge < -0.3 is 14.2 Å². The fraction of sp³-hybridized carbons (Fsp3) is 0.933. The van der Waals surface area contributed by atoms with Gasteiger partial charge in [0.2, 0.25) is 0 Å². The lowest BCUT2D eigenvalue weighted by molar-refractivity contribution is -0.167. The molecule has 51 heavy (non-hydrogen) atoms. The second kappa shape index (κ2) is 39.6. The third-order valence-electron chi connectivity index (χ3n) is 10.0. The Hall–Kier alpha value is -1.59. The molecule has 0 aliphatic heterocycles. The van der Waals surface area contributed by atoms with Crippen molar-refractivity contribution in [2.45, 2.75) is 252 Å². The summed E-state index contributed by atoms with van der Waals surface area (Å²) in [5.41, 5.74) is 0. The summed E-state index contributed by atoms with van der Waals surface area (Å²) in [7, 11) is 0. The average molecular weight is 723 g/mol. The molecule has 0 saturated carbocycles. The Bertz CT molecular complexity index is 766. The van der Waals surface area contributed by atoms with E-state index in [1.165, 1.54) is 141 Å². The average Bonchev–Trinajstić information content (AvgIpc) is 3.11. The largest absolute Gasteiger partial charge is 0.462 e. The van der Waals surface area contributed by atoms with Crippen molar-refractivity contribution < 1.29 is 28.6 Å². The molecule has 0 unspecified atom stereocenters. The Kier molecular flexibility index (Phi) is 38.4. The molecule has 0 amide bonds. The first-order valence-electron chi connectivity index (χ1n) is 22.4. The lowest BCUT2D eigenvalue weighted by Gasteiger charge is -2.18. The molecule has 0 radical (unpaired) electrons. The molecule has 6 nitrogen and oxygen atoms in total. The number of hydrogen-bond donors (Lipinski definition) is 0. The third-order valence-corrected chi connectivity index (χ3v) is 10.0. The van der Waals surface area contributed by atoms with Gasteiger partial charge in [-0.15, -0.1) is 0 Å². The Morgan fingerprint density at radius 1 is 0.373 bits per heavy atom. The highest BCUT2D eigenvalue weighted by molar-refractivity contribution is 5.71. The summed E-state index contributed by atoms with van der Waals surface area (Å²) in [6, 6.07) is 0. The van der Waals surface area contributed by atoms with Crippen LogP contribution >= 0.6 is 0 Å². The quantitative estimate of drug-likeness (QED) is 0.0356. The van der Waals surface area contributed by atoms with Crippen molar-refractivity contribution in [3.63, 3.8) is 0 Å². The maximum Gasteiger partial charge on any atom is 0.306 e. The van der Waals surface area contributed by atoms with E-state index >= 15 is 0 Å². The van der Waals surface area contributed by atoms with E-state index in [1.54, 1.807) is 0 Å². The zero-order valence-corrected chi connectivity index (χ0v) is 34.6. The van der Waals surface area contributed by atoms with E-state index < -0.39 is 6.10 Å². The number of rotatable bonds is 40. The first kappa shape index (κ1) is 49.4. The van der Waals surface area contributed by atoms with Gasteiger partial charge in [0, 0.05) is 19.3 Å². The highest BCUT2D eigenvalue weighted by Gasteiger charge is 2.19. The van der Waals surface area contributed by atoms with Crippen LogP contribution in [0, 0.1) is 5.92 Å². The summed E-state index contributed by atoms with van der Waals surface area (Å²) in [6.45, 7) is 8.95. The SMILES string of the molecule is CCCCCCCCCCCCCC(=O)O[C@@H](COC(=O)CCCCCCCCC)COC(=O)CCCCCCCCCCCCCCC(C)C. The van der Waals surface area contributed by atoms with Gasteiger partial charge in [0.15, 0.2) is 6.10 Å². The van der Waals surface area contributed by atoms with E-state index in [4.69, 9.17) is 14.2 Å². The molecule has 0 fully saturated rings. The van der Waals surface area contributed by atoms with Crippen LogP contribution in [-0.4, -0.2) is 37.2 Å². The molecule has 0 aromatic carbocycles. The minimum atomic E-state index is -0.757. The Balaban J connectivity index is 4.25. The van der Waals surface area contributed by atoms with Crippen molar-refractivity contribution in [1.29, 1.82) is 0 Å². The molecule has 1 atom stereocenters. The first-order chi connectivity index (χ1) is 24.9. The fourth-order valence-electron chi connectivity index (χ4n) is 6.63. The van der Waals surface area contributed by atoms with Crippen LogP contribution in [0.1, 0.15) is 246 Å². The fourth-order valence-corrected chi connectivity index (χ4v) is 6.63. The van der Waals surface area contributed by atoms with E-state index in [2.05, 4.69) is 27.7 Å². The molecule has 0 bridgehead atoms. The van der Waals surface area contributed by atoms with Gasteiger partial charge in [-0.25, -0.2) is 0 Å². The predicted octanol–water partition coefficient (Wildman–Crippen LogP) is 13.9. The summed E-state index contributed by atoms with van der Waals surface area (Å²) in [5, 5.41) is 0. The number of esters is 3. The number of unbranched alkanes of at least 4 members (excludes halogenated alkanes) is 27. The standard InChI is InChI=1S/C45H86O6/c1-5-7-9-11-13-14-17-22-26-30-34-38-45(48)51-42(39-49-43(46)36-32-28-23-12-10-8-6-2)40-50-44(47)37-33-29-25-21-19-16-15-18-20-24-27-31-35-41(3)4/h41-42H,5-40H2,1-4H3/t42-/m0/s1. The number of ether oxygens (including phenoxy) is 3. The third kappa shape index (κ3) is 39.5. The molecule has 6 heteroatoms. The second-order valence-corrected chi connectivity index (χ2v) is 15.8. The molecular weight excluding hydrogens is 636 g/mol. The molecule has 302 valence electrons. The molecule has 0 rings (SSSR count). The van der Waals surface area contributed by atoms with E-state index in [-0.39, 0.29) is 31.1 Å². The van der Waals surface area contributed by atoms with Gasteiger partial charge in [-0.3, -0.25) is 14.4 Å². The maximum absolute atomic E-state index is 12.6. The molecule has 0 heterocycles. The van der Waals surface area contributed by atoms with Crippen LogP contribution in [0.5, 0.6) is 0 Å². The van der Waals surface area contributed by atoms with Gasteiger partial charge in [0.25, 0.3) is 0 Å². The van der Waals surface area contributed by atoms with Crippen LogP contribution < -0.4 is 0 Å². The summed E-state index contributed by atoms with van der Waals surface area (Å²) in [6.07, 6.45) is 38.1. The van der Waals surface area contributed by atoms with Crippen molar-refractivity contribution in [2.75, 3.05) is 13.2 Å². The number of hydrogen-bond acceptors (Lipinski definition) is 6. The minimum Gasteiger partial charge on any atom is -0.462 e. The monoisotopic (exact) mass is 723 g/mol. The molecule has 0 spiro atoms. The van der Waals surface area contributed by atoms with Crippen molar-refractivity contribution in [1.82, 2.24) is 0 Å². The normalized spacial score (nSPS) is 11.9. The lowest BCUT2D eigenvalue weighted by atomic mass is 10.0. The molecule has 0 aliphatic carbocycles. The Morgan fingerprint density at radius 3 is 0.961 bits per heavy atom. The maximum atomic E-state index is 12.6. The van der Waals surface area contributed by atoms with Gasteiger partial charge >= 0.3 is 17.9 Å². The lowest BCUT2D eigenvalue weighted by Crippen LogP contribution is -2.30. The summed E-state index contributed by atoms with van der Waals surface area (Å²) >= 11 is 0. The van der Waals surface area contributed by atoms with Crippen molar-refractivity contribution in [3.8, 4) is 0 Å². The van der Waals surface area contributed by atoms with E-state index in [0.717, 1.165) is 63.7 Å². The predicted molar refractivity (Wildman–Crippen MR) is 215 cm³/mol. The van der Waals surface area contributed by atoms with Crippen LogP contribution in [0.3, 0.4) is 0 Å². The number of carbonyl (C=O) groups excluding carboxylic acids is 3. The van der Waals surface area contributed by atoms with Crippen LogP contribution in [0.4, 0.5) is 0 Å². The molecule has 0 aromatic rings. The summed E-state index contributed by atoms with van der Waals surface area (Å²) in [4.78, 5) is 37.5. The molecule has 0 N–H and O–H groups in total. The van der Waals surface area contributed by atoms with E-state index in [1.807, 2.05) is 0 Å². The Labute approximate surface area is 317 Å².